The Kier molecular flexibility index (Phi) is 1.15. The van der Waals surface area contributed by atoms with Gasteiger partial charge in [-0.1, -0.05) is 0 Å². The summed E-state index contributed by atoms with van der Waals surface area (Å²) in [6, 6.07) is -0.128. The summed E-state index contributed by atoms with van der Waals surface area (Å²) in [7, 11) is 0. The number of nitrogens with two attached hydrogens (primary N) is 1. The predicted molar refractivity (Wildman–Crippen MR) is 38.5 cm³/mol. The van der Waals surface area contributed by atoms with E-state index in [1.54, 1.807) is 0 Å². The van der Waals surface area contributed by atoms with Gasteiger partial charge in [0.05, 0.1) is 6.04 Å². The molecule has 2 nitrogen and oxygen atoms in total. The summed E-state index contributed by atoms with van der Waals surface area (Å²) in [5, 5.41) is 0. The number of hydrogen-bond acceptors (Lipinski definition) is 2. The fraction of sp³-hybridized carbons (Fsp3) is 0.875. The van der Waals surface area contributed by atoms with Crippen LogP contribution in [0.1, 0.15) is 32.1 Å². The Morgan fingerprint density at radius 3 is 2.60 bits per heavy atom. The molecule has 2 fully saturated rings. The van der Waals surface area contributed by atoms with Crippen molar-refractivity contribution in [1.29, 1.82) is 0 Å². The fourth-order valence-corrected chi connectivity index (χ4v) is 1.89. The molecule has 0 heterocycles. The summed E-state index contributed by atoms with van der Waals surface area (Å²) in [4.78, 5) is 11.0. The fourth-order valence-electron chi connectivity index (χ4n) is 1.89. The van der Waals surface area contributed by atoms with Crippen LogP contribution in [0.3, 0.4) is 0 Å². The highest BCUT2D eigenvalue weighted by Crippen LogP contribution is 2.55. The van der Waals surface area contributed by atoms with Gasteiger partial charge in [0.2, 0.25) is 0 Å². The van der Waals surface area contributed by atoms with Gasteiger partial charge in [-0.05, 0) is 31.1 Å². The van der Waals surface area contributed by atoms with E-state index >= 15 is 0 Å². The van der Waals surface area contributed by atoms with Crippen molar-refractivity contribution in [2.75, 3.05) is 0 Å². The molecular formula is C8H13NO. The second-order valence-electron chi connectivity index (χ2n) is 3.78. The van der Waals surface area contributed by atoms with Crippen molar-refractivity contribution in [1.82, 2.24) is 0 Å². The van der Waals surface area contributed by atoms with Crippen LogP contribution in [0.4, 0.5) is 0 Å². The molecule has 1 atom stereocenters. The van der Waals surface area contributed by atoms with Gasteiger partial charge < -0.3 is 5.73 Å². The SMILES string of the molecule is N[C@@H]1CC2(CCC1=O)CC2. The van der Waals surface area contributed by atoms with Gasteiger partial charge in [0, 0.05) is 6.42 Å². The highest BCUT2D eigenvalue weighted by molar-refractivity contribution is 5.84. The third-order valence-electron chi connectivity index (χ3n) is 2.93. The van der Waals surface area contributed by atoms with E-state index in [0.29, 0.717) is 5.41 Å². The normalized spacial score (nSPS) is 36.5. The predicted octanol–water partition coefficient (Wildman–Crippen LogP) is 0.847. The Hall–Kier alpha value is -0.370. The van der Waals surface area contributed by atoms with Crippen LogP contribution >= 0.6 is 0 Å². The number of rotatable bonds is 0. The lowest BCUT2D eigenvalue weighted by Crippen LogP contribution is -2.37. The van der Waals surface area contributed by atoms with Crippen molar-refractivity contribution in [3.05, 3.63) is 0 Å². The summed E-state index contributed by atoms with van der Waals surface area (Å²) in [6.07, 6.45) is 5.44. The highest BCUT2D eigenvalue weighted by atomic mass is 16.1. The van der Waals surface area contributed by atoms with E-state index in [-0.39, 0.29) is 11.8 Å². The van der Waals surface area contributed by atoms with Gasteiger partial charge in [0.25, 0.3) is 0 Å². The quantitative estimate of drug-likeness (QED) is 0.540. The molecule has 0 amide bonds. The van der Waals surface area contributed by atoms with Crippen molar-refractivity contribution in [2.45, 2.75) is 38.1 Å². The Bertz CT molecular complexity index is 172. The Labute approximate surface area is 60.8 Å². The van der Waals surface area contributed by atoms with Crippen LogP contribution in [0.2, 0.25) is 0 Å². The molecule has 0 aromatic carbocycles. The summed E-state index contributed by atoms with van der Waals surface area (Å²) in [6.45, 7) is 0. The standard InChI is InChI=1S/C8H13NO/c9-6-5-8(3-4-8)2-1-7(6)10/h6H,1-5,9H2/t6-/m1/s1. The lowest BCUT2D eigenvalue weighted by molar-refractivity contribution is -0.122. The van der Waals surface area contributed by atoms with E-state index in [4.69, 9.17) is 5.73 Å². The Morgan fingerprint density at radius 1 is 1.40 bits per heavy atom. The maximum absolute atomic E-state index is 11.0. The number of ketones is 1. The van der Waals surface area contributed by atoms with Gasteiger partial charge in [0.15, 0.2) is 0 Å². The molecule has 2 rings (SSSR count). The zero-order valence-electron chi connectivity index (χ0n) is 6.10. The van der Waals surface area contributed by atoms with E-state index in [0.717, 1.165) is 19.3 Å². The van der Waals surface area contributed by atoms with Crippen LogP contribution < -0.4 is 5.73 Å². The summed E-state index contributed by atoms with van der Waals surface area (Å²) in [5.74, 6) is 0.275. The molecular weight excluding hydrogens is 126 g/mol. The van der Waals surface area contributed by atoms with E-state index in [1.165, 1.54) is 12.8 Å². The number of carbonyl (C=O) groups is 1. The second kappa shape index (κ2) is 1.82. The highest BCUT2D eigenvalue weighted by Gasteiger charge is 2.47. The minimum absolute atomic E-state index is 0.128. The van der Waals surface area contributed by atoms with Crippen LogP contribution in [0.25, 0.3) is 0 Å². The van der Waals surface area contributed by atoms with Crippen molar-refractivity contribution in [3.63, 3.8) is 0 Å². The number of Topliss-reactive ketones (excluding diaryl/α,β-unsaturated/α-hetero) is 1. The molecule has 56 valence electrons. The topological polar surface area (TPSA) is 43.1 Å². The van der Waals surface area contributed by atoms with Crippen LogP contribution in [0.15, 0.2) is 0 Å². The van der Waals surface area contributed by atoms with Crippen LogP contribution in [0, 0.1) is 5.41 Å². The first-order chi connectivity index (χ1) is 4.72. The van der Waals surface area contributed by atoms with Gasteiger partial charge in [-0.25, -0.2) is 0 Å². The largest absolute Gasteiger partial charge is 0.321 e. The van der Waals surface area contributed by atoms with E-state index in [9.17, 15) is 4.79 Å². The molecule has 0 bridgehead atoms. The third kappa shape index (κ3) is 0.870. The lowest BCUT2D eigenvalue weighted by atomic mass is 9.83. The molecule has 0 saturated heterocycles. The van der Waals surface area contributed by atoms with Crippen LogP contribution in [0.5, 0.6) is 0 Å². The van der Waals surface area contributed by atoms with Gasteiger partial charge in [-0.2, -0.15) is 0 Å². The van der Waals surface area contributed by atoms with Crippen molar-refractivity contribution < 1.29 is 4.79 Å². The van der Waals surface area contributed by atoms with Crippen LogP contribution in [-0.4, -0.2) is 11.8 Å². The first kappa shape index (κ1) is 6.35. The molecule has 0 unspecified atom stereocenters. The molecule has 2 saturated carbocycles. The minimum atomic E-state index is -0.128. The summed E-state index contributed by atoms with van der Waals surface area (Å²) < 4.78 is 0. The molecule has 2 aliphatic carbocycles. The first-order valence-corrected chi connectivity index (χ1v) is 4.00. The van der Waals surface area contributed by atoms with Crippen LogP contribution in [-0.2, 0) is 4.79 Å². The molecule has 2 heteroatoms. The maximum Gasteiger partial charge on any atom is 0.149 e. The van der Waals surface area contributed by atoms with Gasteiger partial charge in [-0.15, -0.1) is 0 Å². The molecule has 1 spiro atoms. The van der Waals surface area contributed by atoms with E-state index in [2.05, 4.69) is 0 Å². The van der Waals surface area contributed by atoms with Crippen molar-refractivity contribution >= 4 is 5.78 Å². The molecule has 0 radical (unpaired) electrons. The average molecular weight is 139 g/mol. The molecule has 0 aromatic heterocycles. The van der Waals surface area contributed by atoms with Gasteiger partial charge in [-0.3, -0.25) is 4.79 Å². The third-order valence-corrected chi connectivity index (χ3v) is 2.93. The number of carbonyl (C=O) groups excluding carboxylic acids is 1. The Morgan fingerprint density at radius 2 is 2.10 bits per heavy atom. The second-order valence-corrected chi connectivity index (χ2v) is 3.78. The Balaban J connectivity index is 2.04. The van der Waals surface area contributed by atoms with E-state index in [1.807, 2.05) is 0 Å². The van der Waals surface area contributed by atoms with Crippen molar-refractivity contribution in [3.8, 4) is 0 Å². The first-order valence-electron chi connectivity index (χ1n) is 4.00. The molecule has 2 N–H and O–H groups in total. The monoisotopic (exact) mass is 139 g/mol. The smallest absolute Gasteiger partial charge is 0.149 e. The average Bonchev–Trinajstić information content (AvgIpc) is 2.62. The summed E-state index contributed by atoms with van der Waals surface area (Å²) in [5.41, 5.74) is 6.18. The molecule has 0 aliphatic heterocycles. The minimum Gasteiger partial charge on any atom is -0.321 e. The summed E-state index contributed by atoms with van der Waals surface area (Å²) >= 11 is 0. The lowest BCUT2D eigenvalue weighted by Gasteiger charge is -2.24. The number of hydrogen-bond donors (Lipinski definition) is 1. The van der Waals surface area contributed by atoms with E-state index < -0.39 is 0 Å². The molecule has 10 heavy (non-hydrogen) atoms. The molecule has 0 aromatic rings. The van der Waals surface area contributed by atoms with Crippen molar-refractivity contribution in [2.24, 2.45) is 11.1 Å². The van der Waals surface area contributed by atoms with Gasteiger partial charge in [0.1, 0.15) is 5.78 Å². The maximum atomic E-state index is 11.0. The zero-order valence-corrected chi connectivity index (χ0v) is 6.10. The van der Waals surface area contributed by atoms with Gasteiger partial charge >= 0.3 is 0 Å². The molecule has 2 aliphatic rings. The zero-order chi connectivity index (χ0) is 7.19.